The molecule has 3 aromatic rings. The highest BCUT2D eigenvalue weighted by molar-refractivity contribution is 7.15. The normalized spacial score (nSPS) is 10.7. The minimum atomic E-state index is -0.130. The van der Waals surface area contributed by atoms with Crippen molar-refractivity contribution < 1.29 is 4.79 Å². The Labute approximate surface area is 160 Å². The van der Waals surface area contributed by atoms with Gasteiger partial charge in [-0.05, 0) is 30.2 Å². The number of aromatic nitrogens is 1. The van der Waals surface area contributed by atoms with Gasteiger partial charge in [-0.15, -0.1) is 11.3 Å². The van der Waals surface area contributed by atoms with Crippen LogP contribution in [0.5, 0.6) is 0 Å². The molecule has 1 amide bonds. The molecule has 1 aromatic heterocycles. The van der Waals surface area contributed by atoms with Gasteiger partial charge in [-0.2, -0.15) is 0 Å². The quantitative estimate of drug-likeness (QED) is 0.621. The molecule has 0 spiro atoms. The van der Waals surface area contributed by atoms with E-state index in [-0.39, 0.29) is 12.3 Å². The summed E-state index contributed by atoms with van der Waals surface area (Å²) in [6.45, 7) is 2.07. The van der Waals surface area contributed by atoms with E-state index in [4.69, 9.17) is 23.2 Å². The molecule has 0 fully saturated rings. The fraction of sp³-hybridized carbons (Fsp3) is 0.158. The van der Waals surface area contributed by atoms with E-state index < -0.39 is 0 Å². The van der Waals surface area contributed by atoms with Crippen LogP contribution in [0.2, 0.25) is 10.0 Å². The van der Waals surface area contributed by atoms with E-state index in [0.717, 1.165) is 16.9 Å². The summed E-state index contributed by atoms with van der Waals surface area (Å²) < 4.78 is 0. The second-order valence-corrected chi connectivity index (χ2v) is 7.70. The molecule has 0 aliphatic carbocycles. The molecule has 3 nitrogen and oxygen atoms in total. The Kier molecular flexibility index (Phi) is 5.74. The average molecular weight is 391 g/mol. The highest BCUT2D eigenvalue weighted by Crippen LogP contribution is 2.24. The SMILES string of the molecule is Cc1cccc(Cc2cnc(NC(=O)Cc3ccc(Cl)c(Cl)c3)s2)c1. The van der Waals surface area contributed by atoms with Gasteiger partial charge in [0.2, 0.25) is 5.91 Å². The number of nitrogens with one attached hydrogen (secondary N) is 1. The van der Waals surface area contributed by atoms with Crippen molar-refractivity contribution >= 4 is 45.6 Å². The van der Waals surface area contributed by atoms with Crippen LogP contribution in [0.3, 0.4) is 0 Å². The molecule has 6 heteroatoms. The van der Waals surface area contributed by atoms with Crippen molar-refractivity contribution in [3.63, 3.8) is 0 Å². The van der Waals surface area contributed by atoms with Crippen molar-refractivity contribution in [3.05, 3.63) is 80.3 Å². The third-order valence-electron chi connectivity index (χ3n) is 3.61. The van der Waals surface area contributed by atoms with Gasteiger partial charge in [0.1, 0.15) is 0 Å². The number of carbonyl (C=O) groups excluding carboxylic acids is 1. The van der Waals surface area contributed by atoms with Crippen LogP contribution in [0.25, 0.3) is 0 Å². The summed E-state index contributed by atoms with van der Waals surface area (Å²) in [6.07, 6.45) is 2.84. The zero-order valence-electron chi connectivity index (χ0n) is 13.6. The number of amides is 1. The molecule has 1 heterocycles. The molecule has 1 N–H and O–H groups in total. The Morgan fingerprint density at radius 3 is 2.72 bits per heavy atom. The number of hydrogen-bond donors (Lipinski definition) is 1. The van der Waals surface area contributed by atoms with Crippen LogP contribution < -0.4 is 5.32 Å². The lowest BCUT2D eigenvalue weighted by Gasteiger charge is -2.03. The molecule has 0 radical (unpaired) electrons. The minimum Gasteiger partial charge on any atom is -0.302 e. The number of aryl methyl sites for hydroxylation is 1. The number of thiazole rings is 1. The van der Waals surface area contributed by atoms with Crippen LogP contribution in [0.4, 0.5) is 5.13 Å². The lowest BCUT2D eigenvalue weighted by Crippen LogP contribution is -2.14. The molecule has 0 atom stereocenters. The van der Waals surface area contributed by atoms with Gasteiger partial charge in [-0.25, -0.2) is 4.98 Å². The molecular weight excluding hydrogens is 375 g/mol. The van der Waals surface area contributed by atoms with Crippen molar-refractivity contribution in [2.24, 2.45) is 0 Å². The van der Waals surface area contributed by atoms with Gasteiger partial charge in [0.15, 0.2) is 5.13 Å². The number of nitrogens with zero attached hydrogens (tertiary/aromatic N) is 1. The van der Waals surface area contributed by atoms with E-state index in [1.807, 2.05) is 12.3 Å². The first kappa shape index (κ1) is 17.9. The summed E-state index contributed by atoms with van der Waals surface area (Å²) in [7, 11) is 0. The lowest BCUT2D eigenvalue weighted by molar-refractivity contribution is -0.115. The molecule has 0 saturated carbocycles. The van der Waals surface area contributed by atoms with Crippen LogP contribution in [-0.4, -0.2) is 10.9 Å². The lowest BCUT2D eigenvalue weighted by atomic mass is 10.1. The number of benzene rings is 2. The molecule has 25 heavy (non-hydrogen) atoms. The van der Waals surface area contributed by atoms with Gasteiger partial charge in [-0.3, -0.25) is 4.79 Å². The average Bonchev–Trinajstić information content (AvgIpc) is 2.98. The molecule has 2 aromatic carbocycles. The molecule has 0 aliphatic rings. The van der Waals surface area contributed by atoms with Crippen molar-refractivity contribution in [3.8, 4) is 0 Å². The summed E-state index contributed by atoms with van der Waals surface area (Å²) in [4.78, 5) is 17.6. The first-order valence-electron chi connectivity index (χ1n) is 7.73. The smallest absolute Gasteiger partial charge is 0.230 e. The number of halogens is 2. The Morgan fingerprint density at radius 2 is 1.96 bits per heavy atom. The topological polar surface area (TPSA) is 42.0 Å². The van der Waals surface area contributed by atoms with Gasteiger partial charge < -0.3 is 5.32 Å². The maximum Gasteiger partial charge on any atom is 0.230 e. The van der Waals surface area contributed by atoms with Gasteiger partial charge in [0.05, 0.1) is 16.5 Å². The largest absolute Gasteiger partial charge is 0.302 e. The molecule has 0 aliphatic heterocycles. The molecular formula is C19H16Cl2N2OS. The summed E-state index contributed by atoms with van der Waals surface area (Å²) in [6, 6.07) is 13.6. The summed E-state index contributed by atoms with van der Waals surface area (Å²) in [5.41, 5.74) is 3.28. The van der Waals surface area contributed by atoms with Crippen LogP contribution in [0.15, 0.2) is 48.7 Å². The van der Waals surface area contributed by atoms with E-state index in [0.29, 0.717) is 15.2 Å². The molecule has 0 saturated heterocycles. The van der Waals surface area contributed by atoms with Crippen molar-refractivity contribution in [1.82, 2.24) is 4.98 Å². The predicted molar refractivity (Wildman–Crippen MR) is 105 cm³/mol. The first-order valence-corrected chi connectivity index (χ1v) is 9.31. The van der Waals surface area contributed by atoms with Gasteiger partial charge in [0, 0.05) is 17.5 Å². The molecule has 0 unspecified atom stereocenters. The van der Waals surface area contributed by atoms with E-state index in [1.54, 1.807) is 18.2 Å². The Hall–Kier alpha value is -1.88. The summed E-state index contributed by atoms with van der Waals surface area (Å²) in [5.74, 6) is -0.130. The van der Waals surface area contributed by atoms with Crippen molar-refractivity contribution in [2.45, 2.75) is 19.8 Å². The minimum absolute atomic E-state index is 0.130. The van der Waals surface area contributed by atoms with E-state index >= 15 is 0 Å². The summed E-state index contributed by atoms with van der Waals surface area (Å²) in [5, 5.41) is 4.36. The van der Waals surface area contributed by atoms with E-state index in [9.17, 15) is 4.79 Å². The predicted octanol–water partition coefficient (Wildman–Crippen LogP) is 5.53. The van der Waals surface area contributed by atoms with Crippen LogP contribution in [-0.2, 0) is 17.6 Å². The number of carbonyl (C=O) groups is 1. The first-order chi connectivity index (χ1) is 12.0. The number of anilines is 1. The van der Waals surface area contributed by atoms with Crippen LogP contribution in [0, 0.1) is 6.92 Å². The number of hydrogen-bond acceptors (Lipinski definition) is 3. The highest BCUT2D eigenvalue weighted by Gasteiger charge is 2.09. The second-order valence-electron chi connectivity index (χ2n) is 5.77. The number of rotatable bonds is 5. The van der Waals surface area contributed by atoms with Crippen molar-refractivity contribution in [2.75, 3.05) is 5.32 Å². The maximum absolute atomic E-state index is 12.2. The van der Waals surface area contributed by atoms with Crippen LogP contribution >= 0.6 is 34.5 Å². The third-order valence-corrected chi connectivity index (χ3v) is 5.26. The fourth-order valence-corrected chi connectivity index (χ4v) is 3.65. The van der Waals surface area contributed by atoms with E-state index in [1.165, 1.54) is 22.5 Å². The standard InChI is InChI=1S/C19H16Cl2N2OS/c1-12-3-2-4-13(7-12)8-15-11-22-19(25-15)23-18(24)10-14-5-6-16(20)17(21)9-14/h2-7,9,11H,8,10H2,1H3,(H,22,23,24). The summed E-state index contributed by atoms with van der Waals surface area (Å²) >= 11 is 13.3. The monoisotopic (exact) mass is 390 g/mol. The van der Waals surface area contributed by atoms with E-state index in [2.05, 4.69) is 35.4 Å². The molecule has 0 bridgehead atoms. The third kappa shape index (κ3) is 5.05. The zero-order chi connectivity index (χ0) is 17.8. The van der Waals surface area contributed by atoms with Crippen molar-refractivity contribution in [1.29, 1.82) is 0 Å². The Morgan fingerprint density at radius 1 is 1.12 bits per heavy atom. The van der Waals surface area contributed by atoms with Crippen LogP contribution in [0.1, 0.15) is 21.6 Å². The molecule has 3 rings (SSSR count). The second kappa shape index (κ2) is 8.00. The zero-order valence-corrected chi connectivity index (χ0v) is 15.9. The fourth-order valence-electron chi connectivity index (χ4n) is 2.47. The Bertz CT molecular complexity index is 908. The highest BCUT2D eigenvalue weighted by atomic mass is 35.5. The van der Waals surface area contributed by atoms with Gasteiger partial charge in [-0.1, -0.05) is 59.1 Å². The molecule has 128 valence electrons. The maximum atomic E-state index is 12.2. The van der Waals surface area contributed by atoms with Gasteiger partial charge in [0.25, 0.3) is 0 Å². The van der Waals surface area contributed by atoms with Gasteiger partial charge >= 0.3 is 0 Å². The Balaban J connectivity index is 1.60.